The van der Waals surface area contributed by atoms with Crippen molar-refractivity contribution in [2.45, 2.75) is 45.1 Å². The number of aromatic nitrogens is 1. The molecule has 0 atom stereocenters. The molecule has 0 spiro atoms. The van der Waals surface area contributed by atoms with Gasteiger partial charge in [-0.05, 0) is 50.1 Å². The number of benzene rings is 2. The Morgan fingerprint density at radius 3 is 2.53 bits per heavy atom. The molecular weight excluding hydrogens is 398 g/mol. The van der Waals surface area contributed by atoms with Crippen molar-refractivity contribution in [3.63, 3.8) is 0 Å². The number of carbonyl (C=O) groups excluding carboxylic acids is 2. The lowest BCUT2D eigenvalue weighted by Crippen LogP contribution is -2.36. The first-order valence-electron chi connectivity index (χ1n) is 10.3. The average Bonchev–Trinajstić information content (AvgIpc) is 2.75. The van der Waals surface area contributed by atoms with Crippen LogP contribution in [0, 0.1) is 6.92 Å². The number of carbonyl (C=O) groups is 2. The first kappa shape index (κ1) is 20.4. The summed E-state index contributed by atoms with van der Waals surface area (Å²) in [5, 5.41) is 7.12. The Morgan fingerprint density at radius 2 is 1.73 bits per heavy atom. The Balaban J connectivity index is 1.56. The van der Waals surface area contributed by atoms with Gasteiger partial charge in [0.25, 0.3) is 11.8 Å². The van der Waals surface area contributed by atoms with Gasteiger partial charge in [-0.2, -0.15) is 0 Å². The predicted molar refractivity (Wildman–Crippen MR) is 120 cm³/mol. The molecule has 1 fully saturated rings. The highest BCUT2D eigenvalue weighted by Crippen LogP contribution is 2.24. The van der Waals surface area contributed by atoms with E-state index in [0.717, 1.165) is 42.3 Å². The lowest BCUT2D eigenvalue weighted by atomic mass is 9.95. The SMILES string of the molecule is Cc1cc(C(=O)Nc2ccc(Cl)c(C(=O)NC3CCCCC3)c2)c2ccccc2n1. The van der Waals surface area contributed by atoms with Crippen molar-refractivity contribution in [2.75, 3.05) is 5.32 Å². The number of para-hydroxylation sites is 1. The molecule has 5 nitrogen and oxygen atoms in total. The normalized spacial score (nSPS) is 14.5. The van der Waals surface area contributed by atoms with E-state index in [9.17, 15) is 9.59 Å². The Morgan fingerprint density at radius 1 is 0.967 bits per heavy atom. The van der Waals surface area contributed by atoms with Gasteiger partial charge < -0.3 is 10.6 Å². The number of rotatable bonds is 4. The molecule has 154 valence electrons. The summed E-state index contributed by atoms with van der Waals surface area (Å²) in [7, 11) is 0. The number of nitrogens with one attached hydrogen (secondary N) is 2. The van der Waals surface area contributed by atoms with Crippen LogP contribution in [-0.2, 0) is 0 Å². The molecule has 1 aliphatic carbocycles. The molecule has 0 aliphatic heterocycles. The van der Waals surface area contributed by atoms with E-state index >= 15 is 0 Å². The standard InChI is InChI=1S/C24H24ClN3O2/c1-15-13-19(18-9-5-6-10-22(18)26-15)23(29)28-17-11-12-21(25)20(14-17)24(30)27-16-7-3-2-4-8-16/h5-6,9-14,16H,2-4,7-8H2,1H3,(H,27,30)(H,28,29). The lowest BCUT2D eigenvalue weighted by Gasteiger charge is -2.23. The molecule has 6 heteroatoms. The zero-order valence-electron chi connectivity index (χ0n) is 16.9. The van der Waals surface area contributed by atoms with E-state index in [2.05, 4.69) is 15.6 Å². The molecule has 1 heterocycles. The third-order valence-corrected chi connectivity index (χ3v) is 5.83. The fourth-order valence-corrected chi connectivity index (χ4v) is 4.18. The van der Waals surface area contributed by atoms with Gasteiger partial charge in [0.15, 0.2) is 0 Å². The molecule has 2 N–H and O–H groups in total. The summed E-state index contributed by atoms with van der Waals surface area (Å²) in [4.78, 5) is 30.2. The van der Waals surface area contributed by atoms with Crippen molar-refractivity contribution in [3.05, 3.63) is 70.4 Å². The van der Waals surface area contributed by atoms with E-state index in [1.807, 2.05) is 31.2 Å². The fourth-order valence-electron chi connectivity index (χ4n) is 3.98. The minimum absolute atomic E-state index is 0.187. The monoisotopic (exact) mass is 421 g/mol. The van der Waals surface area contributed by atoms with Crippen molar-refractivity contribution in [1.82, 2.24) is 10.3 Å². The summed E-state index contributed by atoms with van der Waals surface area (Å²) in [5.74, 6) is -0.453. The van der Waals surface area contributed by atoms with E-state index in [4.69, 9.17) is 11.6 Å². The Hall–Kier alpha value is -2.92. The second-order valence-electron chi connectivity index (χ2n) is 7.79. The van der Waals surface area contributed by atoms with Crippen LogP contribution in [0.4, 0.5) is 5.69 Å². The highest BCUT2D eigenvalue weighted by Gasteiger charge is 2.19. The zero-order chi connectivity index (χ0) is 21.1. The van der Waals surface area contributed by atoms with Crippen LogP contribution in [0.5, 0.6) is 0 Å². The average molecular weight is 422 g/mol. The zero-order valence-corrected chi connectivity index (χ0v) is 17.6. The maximum absolute atomic E-state index is 13.0. The van der Waals surface area contributed by atoms with Crippen LogP contribution in [0.3, 0.4) is 0 Å². The van der Waals surface area contributed by atoms with Crippen molar-refractivity contribution < 1.29 is 9.59 Å². The van der Waals surface area contributed by atoms with Gasteiger partial charge in [-0.15, -0.1) is 0 Å². The maximum Gasteiger partial charge on any atom is 0.256 e. The highest BCUT2D eigenvalue weighted by atomic mass is 35.5. The Labute approximate surface area is 180 Å². The number of fused-ring (bicyclic) bond motifs is 1. The highest BCUT2D eigenvalue weighted by molar-refractivity contribution is 6.34. The second-order valence-corrected chi connectivity index (χ2v) is 8.19. The summed E-state index contributed by atoms with van der Waals surface area (Å²) in [5.41, 5.74) is 2.97. The van der Waals surface area contributed by atoms with Crippen LogP contribution < -0.4 is 10.6 Å². The third-order valence-electron chi connectivity index (χ3n) is 5.50. The van der Waals surface area contributed by atoms with Crippen LogP contribution in [0.2, 0.25) is 5.02 Å². The van der Waals surface area contributed by atoms with Crippen LogP contribution in [0.1, 0.15) is 58.5 Å². The Kier molecular flexibility index (Phi) is 6.00. The van der Waals surface area contributed by atoms with Gasteiger partial charge in [0.1, 0.15) is 0 Å². The molecule has 0 unspecified atom stereocenters. The van der Waals surface area contributed by atoms with Crippen LogP contribution >= 0.6 is 11.6 Å². The molecule has 1 aromatic heterocycles. The molecule has 0 radical (unpaired) electrons. The lowest BCUT2D eigenvalue weighted by molar-refractivity contribution is 0.0927. The number of nitrogens with zero attached hydrogens (tertiary/aromatic N) is 1. The van der Waals surface area contributed by atoms with Crippen molar-refractivity contribution in [3.8, 4) is 0 Å². The van der Waals surface area contributed by atoms with Gasteiger partial charge in [0, 0.05) is 22.8 Å². The van der Waals surface area contributed by atoms with Crippen molar-refractivity contribution in [2.24, 2.45) is 0 Å². The van der Waals surface area contributed by atoms with E-state index in [1.54, 1.807) is 24.3 Å². The molecular formula is C24H24ClN3O2. The molecule has 3 aromatic rings. The fraction of sp³-hybridized carbons (Fsp3) is 0.292. The minimum atomic E-state index is -0.252. The van der Waals surface area contributed by atoms with Gasteiger partial charge >= 0.3 is 0 Å². The first-order chi connectivity index (χ1) is 14.5. The number of halogens is 1. The number of hydrogen-bond donors (Lipinski definition) is 2. The van der Waals surface area contributed by atoms with Crippen LogP contribution in [0.15, 0.2) is 48.5 Å². The largest absolute Gasteiger partial charge is 0.349 e. The molecule has 1 aliphatic rings. The number of anilines is 1. The smallest absolute Gasteiger partial charge is 0.256 e. The minimum Gasteiger partial charge on any atom is -0.349 e. The van der Waals surface area contributed by atoms with Crippen molar-refractivity contribution in [1.29, 1.82) is 0 Å². The maximum atomic E-state index is 13.0. The first-order valence-corrected chi connectivity index (χ1v) is 10.7. The molecule has 30 heavy (non-hydrogen) atoms. The quantitative estimate of drug-likeness (QED) is 0.583. The summed E-state index contributed by atoms with van der Waals surface area (Å²) in [6, 6.07) is 14.5. The van der Waals surface area contributed by atoms with Gasteiger partial charge in [-0.1, -0.05) is 49.1 Å². The molecule has 2 amide bonds. The molecule has 4 rings (SSSR count). The molecule has 1 saturated carbocycles. The Bertz CT molecular complexity index is 1110. The predicted octanol–water partition coefficient (Wildman–Crippen LogP) is 5.51. The molecule has 2 aromatic carbocycles. The van der Waals surface area contributed by atoms with Gasteiger partial charge in [-0.3, -0.25) is 14.6 Å². The topological polar surface area (TPSA) is 71.1 Å². The number of pyridine rings is 1. The summed E-state index contributed by atoms with van der Waals surface area (Å²) < 4.78 is 0. The van der Waals surface area contributed by atoms with Gasteiger partial charge in [0.05, 0.1) is 21.7 Å². The van der Waals surface area contributed by atoms with Gasteiger partial charge in [0.2, 0.25) is 0 Å². The third kappa shape index (κ3) is 4.46. The van der Waals surface area contributed by atoms with E-state index in [0.29, 0.717) is 21.8 Å². The molecule has 0 saturated heterocycles. The number of amides is 2. The van der Waals surface area contributed by atoms with E-state index < -0.39 is 0 Å². The second kappa shape index (κ2) is 8.84. The number of hydrogen-bond acceptors (Lipinski definition) is 3. The summed E-state index contributed by atoms with van der Waals surface area (Å²) in [6.07, 6.45) is 5.47. The van der Waals surface area contributed by atoms with Crippen molar-refractivity contribution >= 4 is 40.0 Å². The van der Waals surface area contributed by atoms with Crippen LogP contribution in [-0.4, -0.2) is 22.8 Å². The van der Waals surface area contributed by atoms with E-state index in [-0.39, 0.29) is 17.9 Å². The number of aryl methyl sites for hydroxylation is 1. The van der Waals surface area contributed by atoms with Crippen LogP contribution in [0.25, 0.3) is 10.9 Å². The van der Waals surface area contributed by atoms with Gasteiger partial charge in [-0.25, -0.2) is 0 Å². The summed E-state index contributed by atoms with van der Waals surface area (Å²) >= 11 is 6.28. The van der Waals surface area contributed by atoms with E-state index in [1.165, 1.54) is 6.42 Å². The molecule has 0 bridgehead atoms. The summed E-state index contributed by atoms with van der Waals surface area (Å²) in [6.45, 7) is 1.86.